The molecule has 6 nitrogen and oxygen atoms in total. The first kappa shape index (κ1) is 21.1. The Hall–Kier alpha value is -0.980. The minimum atomic E-state index is -2.03. The van der Waals surface area contributed by atoms with E-state index >= 15 is 0 Å². The van der Waals surface area contributed by atoms with Crippen LogP contribution >= 0.6 is 34.8 Å². The number of alkyl halides is 3. The van der Waals surface area contributed by atoms with Crippen molar-refractivity contribution in [2.75, 3.05) is 13.2 Å². The quantitative estimate of drug-likeness (QED) is 0.550. The van der Waals surface area contributed by atoms with Gasteiger partial charge in [0.1, 0.15) is 6.61 Å². The van der Waals surface area contributed by atoms with Crippen LogP contribution in [-0.2, 0) is 14.3 Å². The van der Waals surface area contributed by atoms with Gasteiger partial charge in [0.15, 0.2) is 0 Å². The van der Waals surface area contributed by atoms with Crippen molar-refractivity contribution in [1.82, 2.24) is 10.2 Å². The van der Waals surface area contributed by atoms with E-state index in [1.165, 1.54) is 0 Å². The van der Waals surface area contributed by atoms with E-state index in [0.717, 1.165) is 4.90 Å². The molecular weight excluding hydrogens is 379 g/mol. The maximum absolute atomic E-state index is 12.6. The molecule has 2 atom stereocenters. The summed E-state index contributed by atoms with van der Waals surface area (Å²) in [6, 6.07) is -0.294. The van der Waals surface area contributed by atoms with Crippen molar-refractivity contribution in [3.63, 3.8) is 0 Å². The molecule has 1 aliphatic heterocycles. The smallest absolute Gasteiger partial charge is 0.416 e. The van der Waals surface area contributed by atoms with Gasteiger partial charge in [0.2, 0.25) is 5.91 Å². The molecule has 0 saturated carbocycles. The molecule has 0 aromatic rings. The molecule has 0 aromatic carbocycles. The zero-order chi connectivity index (χ0) is 18.5. The molecular formula is C15H21Cl3N2O4. The van der Waals surface area contributed by atoms with Crippen molar-refractivity contribution in [1.29, 1.82) is 0 Å². The molecule has 0 aromatic heterocycles. The Balaban J connectivity index is 2.71. The van der Waals surface area contributed by atoms with Crippen molar-refractivity contribution < 1.29 is 19.1 Å². The third kappa shape index (κ3) is 6.15. The summed E-state index contributed by atoms with van der Waals surface area (Å²) < 4.78 is 2.86. The number of ether oxygens (including phenoxy) is 1. The normalized spacial score (nSPS) is 19.7. The van der Waals surface area contributed by atoms with Crippen LogP contribution in [0.2, 0.25) is 0 Å². The number of halogens is 3. The van der Waals surface area contributed by atoms with Crippen LogP contribution in [0.3, 0.4) is 0 Å². The molecule has 0 bridgehead atoms. The number of nitrogens with zero attached hydrogens (tertiary/aromatic N) is 1. The molecule has 0 unspecified atom stereocenters. The van der Waals surface area contributed by atoms with E-state index in [4.69, 9.17) is 39.5 Å². The van der Waals surface area contributed by atoms with Gasteiger partial charge in [0.25, 0.3) is 9.70 Å². The van der Waals surface area contributed by atoms with E-state index in [2.05, 4.69) is 5.32 Å². The van der Waals surface area contributed by atoms with Gasteiger partial charge in [-0.3, -0.25) is 9.59 Å². The average Bonchev–Trinajstić information content (AvgIpc) is 2.79. The topological polar surface area (TPSA) is 75.7 Å². The SMILES string of the molecule is CC(C)C[C@H](/C=C/CNC(=O)C(Cl)(Cl)Cl)C(=O)N1C(=O)OC[C@H]1C. The van der Waals surface area contributed by atoms with E-state index in [1.807, 2.05) is 13.8 Å². The minimum Gasteiger partial charge on any atom is -0.447 e. The summed E-state index contributed by atoms with van der Waals surface area (Å²) in [5, 5.41) is 2.42. The Morgan fingerprint density at radius 1 is 1.42 bits per heavy atom. The lowest BCUT2D eigenvalue weighted by Crippen LogP contribution is -2.41. The fourth-order valence-electron chi connectivity index (χ4n) is 2.26. The van der Waals surface area contributed by atoms with Crippen molar-refractivity contribution in [2.45, 2.75) is 37.0 Å². The fraction of sp³-hybridized carbons (Fsp3) is 0.667. The van der Waals surface area contributed by atoms with Crippen LogP contribution in [-0.4, -0.2) is 45.8 Å². The number of carbonyl (C=O) groups excluding carboxylic acids is 3. The van der Waals surface area contributed by atoms with E-state index in [-0.39, 0.29) is 31.0 Å². The summed E-state index contributed by atoms with van der Waals surface area (Å²) in [5.41, 5.74) is 0. The number of carbonyl (C=O) groups is 3. The Morgan fingerprint density at radius 2 is 2.04 bits per heavy atom. The summed E-state index contributed by atoms with van der Waals surface area (Å²) in [5.74, 6) is -1.32. The first-order valence-corrected chi connectivity index (χ1v) is 8.69. The Labute approximate surface area is 156 Å². The van der Waals surface area contributed by atoms with Crippen LogP contribution in [0.25, 0.3) is 0 Å². The van der Waals surface area contributed by atoms with Crippen molar-refractivity contribution in [3.8, 4) is 0 Å². The highest BCUT2D eigenvalue weighted by Crippen LogP contribution is 2.25. The second-order valence-electron chi connectivity index (χ2n) is 6.01. The molecule has 1 N–H and O–H groups in total. The van der Waals surface area contributed by atoms with Crippen LogP contribution in [0.5, 0.6) is 0 Å². The van der Waals surface area contributed by atoms with Gasteiger partial charge in [-0.05, 0) is 19.3 Å². The van der Waals surface area contributed by atoms with Crippen LogP contribution in [0, 0.1) is 11.8 Å². The second-order valence-corrected chi connectivity index (χ2v) is 8.29. The van der Waals surface area contributed by atoms with Gasteiger partial charge in [-0.25, -0.2) is 9.69 Å². The van der Waals surface area contributed by atoms with Crippen LogP contribution < -0.4 is 5.32 Å². The molecule has 136 valence electrons. The predicted molar refractivity (Wildman–Crippen MR) is 93.0 cm³/mol. The third-order valence-electron chi connectivity index (χ3n) is 3.37. The average molecular weight is 400 g/mol. The summed E-state index contributed by atoms with van der Waals surface area (Å²) >= 11 is 16.3. The molecule has 0 radical (unpaired) electrons. The van der Waals surface area contributed by atoms with Crippen LogP contribution in [0.15, 0.2) is 12.2 Å². The van der Waals surface area contributed by atoms with Gasteiger partial charge in [-0.1, -0.05) is 60.8 Å². The minimum absolute atomic E-state index is 0.106. The van der Waals surface area contributed by atoms with Gasteiger partial charge in [-0.15, -0.1) is 0 Å². The molecule has 1 fully saturated rings. The van der Waals surface area contributed by atoms with Gasteiger partial charge in [-0.2, -0.15) is 0 Å². The van der Waals surface area contributed by atoms with Crippen LogP contribution in [0.4, 0.5) is 4.79 Å². The third-order valence-corrected chi connectivity index (χ3v) is 3.89. The highest BCUT2D eigenvalue weighted by molar-refractivity contribution is 6.76. The van der Waals surface area contributed by atoms with Gasteiger partial charge >= 0.3 is 6.09 Å². The molecule has 24 heavy (non-hydrogen) atoms. The second kappa shape index (κ2) is 8.92. The fourth-order valence-corrected chi connectivity index (χ4v) is 2.46. The summed E-state index contributed by atoms with van der Waals surface area (Å²) in [6.45, 7) is 6.01. The maximum Gasteiger partial charge on any atom is 0.416 e. The lowest BCUT2D eigenvalue weighted by molar-refractivity contribution is -0.132. The zero-order valence-electron chi connectivity index (χ0n) is 13.7. The Morgan fingerprint density at radius 3 is 2.50 bits per heavy atom. The Kier molecular flexibility index (Phi) is 7.83. The standard InChI is InChI=1S/C15H21Cl3N2O4/c1-9(2)7-11(5-4-6-19-13(22)15(16,17)18)12(21)20-10(3)8-24-14(20)23/h4-5,9-11H,6-8H2,1-3H3,(H,19,22)/b5-4+/t10-,11+/m1/s1. The predicted octanol–water partition coefficient (Wildman–Crippen LogP) is 3.06. The van der Waals surface area contributed by atoms with Crippen LogP contribution in [0.1, 0.15) is 27.2 Å². The zero-order valence-corrected chi connectivity index (χ0v) is 16.0. The van der Waals surface area contributed by atoms with Crippen molar-refractivity contribution >= 4 is 52.7 Å². The first-order chi connectivity index (χ1) is 11.0. The summed E-state index contributed by atoms with van der Waals surface area (Å²) in [6.07, 6.45) is 3.19. The number of amides is 3. The monoisotopic (exact) mass is 398 g/mol. The molecule has 3 amide bonds. The number of cyclic esters (lactones) is 1. The highest BCUT2D eigenvalue weighted by Gasteiger charge is 2.37. The lowest BCUT2D eigenvalue weighted by atomic mass is 9.95. The molecule has 1 aliphatic rings. The number of nitrogens with one attached hydrogen (secondary N) is 1. The highest BCUT2D eigenvalue weighted by atomic mass is 35.6. The Bertz CT molecular complexity index is 517. The number of hydrogen-bond donors (Lipinski definition) is 1. The largest absolute Gasteiger partial charge is 0.447 e. The molecule has 1 rings (SSSR count). The number of rotatable bonds is 6. The lowest BCUT2D eigenvalue weighted by Gasteiger charge is -2.22. The van der Waals surface area contributed by atoms with Gasteiger partial charge < -0.3 is 10.1 Å². The van der Waals surface area contributed by atoms with E-state index in [1.54, 1.807) is 19.1 Å². The molecule has 0 spiro atoms. The molecule has 0 aliphatic carbocycles. The summed E-state index contributed by atoms with van der Waals surface area (Å²) in [7, 11) is 0. The van der Waals surface area contributed by atoms with Gasteiger partial charge in [0.05, 0.1) is 12.0 Å². The van der Waals surface area contributed by atoms with Crippen molar-refractivity contribution in [2.24, 2.45) is 11.8 Å². The molecule has 9 heteroatoms. The van der Waals surface area contributed by atoms with E-state index in [0.29, 0.717) is 6.42 Å². The summed E-state index contributed by atoms with van der Waals surface area (Å²) in [4.78, 5) is 36.9. The number of imide groups is 1. The molecule has 1 heterocycles. The van der Waals surface area contributed by atoms with E-state index < -0.39 is 21.7 Å². The van der Waals surface area contributed by atoms with E-state index in [9.17, 15) is 14.4 Å². The van der Waals surface area contributed by atoms with Crippen molar-refractivity contribution in [3.05, 3.63) is 12.2 Å². The van der Waals surface area contributed by atoms with Gasteiger partial charge in [0, 0.05) is 6.54 Å². The molecule has 1 saturated heterocycles. The number of hydrogen-bond acceptors (Lipinski definition) is 4. The first-order valence-electron chi connectivity index (χ1n) is 7.55. The maximum atomic E-state index is 12.6.